The van der Waals surface area contributed by atoms with Gasteiger partial charge in [0, 0.05) is 18.8 Å². The van der Waals surface area contributed by atoms with Crippen molar-refractivity contribution >= 4 is 10.0 Å². The number of hydrogen-bond acceptors (Lipinski definition) is 4. The Kier molecular flexibility index (Phi) is 2.99. The number of hydrogen-bond donors (Lipinski definition) is 2. The van der Waals surface area contributed by atoms with Gasteiger partial charge in [-0.15, -0.1) is 0 Å². The molecule has 0 aliphatic carbocycles. The molecule has 1 aromatic heterocycles. The van der Waals surface area contributed by atoms with Crippen LogP contribution >= 0.6 is 0 Å². The summed E-state index contributed by atoms with van der Waals surface area (Å²) in [6, 6.07) is 4.83. The van der Waals surface area contributed by atoms with Gasteiger partial charge >= 0.3 is 0 Å². The van der Waals surface area contributed by atoms with Gasteiger partial charge in [0.25, 0.3) is 10.0 Å². The van der Waals surface area contributed by atoms with Crippen LogP contribution in [0.3, 0.4) is 0 Å². The molecule has 2 heterocycles. The molecular weight excluding hydrogens is 214 g/mol. The Morgan fingerprint density at radius 3 is 2.93 bits per heavy atom. The van der Waals surface area contributed by atoms with Crippen molar-refractivity contribution in [2.45, 2.75) is 17.5 Å². The zero-order valence-corrected chi connectivity index (χ0v) is 9.00. The average Bonchev–Trinajstić information content (AvgIpc) is 2.71. The highest BCUT2D eigenvalue weighted by molar-refractivity contribution is 7.89. The second-order valence-electron chi connectivity index (χ2n) is 3.48. The zero-order valence-electron chi connectivity index (χ0n) is 8.18. The van der Waals surface area contributed by atoms with E-state index in [1.54, 1.807) is 12.1 Å². The van der Waals surface area contributed by atoms with E-state index in [4.69, 9.17) is 0 Å². The molecule has 82 valence electrons. The van der Waals surface area contributed by atoms with E-state index in [2.05, 4.69) is 15.0 Å². The third kappa shape index (κ3) is 2.53. The van der Waals surface area contributed by atoms with E-state index in [0.717, 1.165) is 13.0 Å². The first-order valence-electron chi connectivity index (χ1n) is 4.82. The van der Waals surface area contributed by atoms with Crippen LogP contribution in [0.5, 0.6) is 0 Å². The highest BCUT2D eigenvalue weighted by Gasteiger charge is 2.23. The summed E-state index contributed by atoms with van der Waals surface area (Å²) in [7, 11) is -3.44. The SMILES string of the molecule is O=S(=O)(N[C@H]1CCNC1)c1ccccn1. The molecule has 0 amide bonds. The van der Waals surface area contributed by atoms with Crippen LogP contribution < -0.4 is 10.0 Å². The van der Waals surface area contributed by atoms with Crippen LogP contribution in [0.1, 0.15) is 6.42 Å². The van der Waals surface area contributed by atoms with Crippen LogP contribution in [-0.2, 0) is 10.0 Å². The number of rotatable bonds is 3. The van der Waals surface area contributed by atoms with Gasteiger partial charge < -0.3 is 5.32 Å². The van der Waals surface area contributed by atoms with Gasteiger partial charge in [-0.3, -0.25) is 0 Å². The Balaban J connectivity index is 2.13. The topological polar surface area (TPSA) is 71.1 Å². The third-order valence-electron chi connectivity index (χ3n) is 2.30. The molecule has 0 saturated carbocycles. The lowest BCUT2D eigenvalue weighted by molar-refractivity contribution is 0.556. The van der Waals surface area contributed by atoms with E-state index >= 15 is 0 Å². The molecule has 2 rings (SSSR count). The molecule has 0 spiro atoms. The van der Waals surface area contributed by atoms with Crippen molar-refractivity contribution in [3.63, 3.8) is 0 Å². The Bertz CT molecular complexity index is 412. The predicted octanol–water partition coefficient (Wildman–Crippen LogP) is -0.278. The predicted molar refractivity (Wildman–Crippen MR) is 55.8 cm³/mol. The maximum atomic E-state index is 11.8. The standard InChI is InChI=1S/C9H13N3O2S/c13-15(14,9-3-1-2-5-11-9)12-8-4-6-10-7-8/h1-3,5,8,10,12H,4,6-7H2/t8-/m0/s1. The Morgan fingerprint density at radius 2 is 2.33 bits per heavy atom. The van der Waals surface area contributed by atoms with E-state index in [9.17, 15) is 8.42 Å². The molecule has 0 bridgehead atoms. The summed E-state index contributed by atoms with van der Waals surface area (Å²) in [6.45, 7) is 1.54. The maximum absolute atomic E-state index is 11.8. The number of nitrogens with zero attached hydrogens (tertiary/aromatic N) is 1. The smallest absolute Gasteiger partial charge is 0.258 e. The minimum absolute atomic E-state index is 0.0167. The Labute approximate surface area is 89.0 Å². The largest absolute Gasteiger partial charge is 0.315 e. The number of nitrogens with one attached hydrogen (secondary N) is 2. The van der Waals surface area contributed by atoms with Crippen molar-refractivity contribution in [2.75, 3.05) is 13.1 Å². The fourth-order valence-corrected chi connectivity index (χ4v) is 2.76. The van der Waals surface area contributed by atoms with Crippen LogP contribution in [0.25, 0.3) is 0 Å². The van der Waals surface area contributed by atoms with Gasteiger partial charge in [0.05, 0.1) is 0 Å². The summed E-state index contributed by atoms with van der Waals surface area (Å²) in [6.07, 6.45) is 2.30. The van der Waals surface area contributed by atoms with E-state index in [0.29, 0.717) is 6.54 Å². The molecule has 6 heteroatoms. The maximum Gasteiger partial charge on any atom is 0.258 e. The lowest BCUT2D eigenvalue weighted by Crippen LogP contribution is -2.36. The van der Waals surface area contributed by atoms with Crippen LogP contribution in [0.15, 0.2) is 29.4 Å². The molecule has 1 aliphatic heterocycles. The summed E-state index contributed by atoms with van der Waals surface area (Å²) >= 11 is 0. The van der Waals surface area contributed by atoms with Gasteiger partial charge in [-0.2, -0.15) is 0 Å². The molecular formula is C9H13N3O2S. The van der Waals surface area contributed by atoms with Gasteiger partial charge in [0.15, 0.2) is 5.03 Å². The highest BCUT2D eigenvalue weighted by Crippen LogP contribution is 2.07. The number of pyridine rings is 1. The zero-order chi connectivity index (χ0) is 10.7. The molecule has 1 saturated heterocycles. The molecule has 0 radical (unpaired) electrons. The van der Waals surface area contributed by atoms with E-state index in [1.165, 1.54) is 12.3 Å². The van der Waals surface area contributed by atoms with Crippen molar-refractivity contribution in [1.82, 2.24) is 15.0 Å². The minimum Gasteiger partial charge on any atom is -0.315 e. The Morgan fingerprint density at radius 1 is 1.47 bits per heavy atom. The molecule has 0 aromatic carbocycles. The van der Waals surface area contributed by atoms with Crippen molar-refractivity contribution < 1.29 is 8.42 Å². The second-order valence-corrected chi connectivity index (χ2v) is 5.14. The van der Waals surface area contributed by atoms with Crippen molar-refractivity contribution in [3.05, 3.63) is 24.4 Å². The van der Waals surface area contributed by atoms with Crippen molar-refractivity contribution in [3.8, 4) is 0 Å². The molecule has 1 aliphatic rings. The molecule has 5 nitrogen and oxygen atoms in total. The third-order valence-corrected chi connectivity index (χ3v) is 3.73. The fourth-order valence-electron chi connectivity index (χ4n) is 1.54. The summed E-state index contributed by atoms with van der Waals surface area (Å²) in [5.74, 6) is 0. The molecule has 15 heavy (non-hydrogen) atoms. The summed E-state index contributed by atoms with van der Waals surface area (Å²) in [5, 5.41) is 3.18. The van der Waals surface area contributed by atoms with Crippen molar-refractivity contribution in [2.24, 2.45) is 0 Å². The monoisotopic (exact) mass is 227 g/mol. The summed E-state index contributed by atoms with van der Waals surface area (Å²) in [4.78, 5) is 3.82. The summed E-state index contributed by atoms with van der Waals surface area (Å²) < 4.78 is 26.2. The summed E-state index contributed by atoms with van der Waals surface area (Å²) in [5.41, 5.74) is 0. The number of sulfonamides is 1. The van der Waals surface area contributed by atoms with Gasteiger partial charge in [-0.05, 0) is 25.1 Å². The molecule has 1 aromatic rings. The quantitative estimate of drug-likeness (QED) is 0.745. The first-order chi connectivity index (χ1) is 7.18. The van der Waals surface area contributed by atoms with Gasteiger partial charge in [-0.1, -0.05) is 6.07 Å². The lowest BCUT2D eigenvalue weighted by atomic mass is 10.3. The normalized spacial score (nSPS) is 21.7. The average molecular weight is 227 g/mol. The van der Waals surface area contributed by atoms with E-state index < -0.39 is 10.0 Å². The van der Waals surface area contributed by atoms with Crippen LogP contribution in [-0.4, -0.2) is 32.5 Å². The number of aromatic nitrogens is 1. The molecule has 0 unspecified atom stereocenters. The van der Waals surface area contributed by atoms with Gasteiger partial charge in [0.2, 0.25) is 0 Å². The van der Waals surface area contributed by atoms with E-state index in [1.807, 2.05) is 0 Å². The van der Waals surface area contributed by atoms with Gasteiger partial charge in [-0.25, -0.2) is 18.1 Å². The highest BCUT2D eigenvalue weighted by atomic mass is 32.2. The lowest BCUT2D eigenvalue weighted by Gasteiger charge is -2.10. The van der Waals surface area contributed by atoms with Crippen LogP contribution in [0, 0.1) is 0 Å². The fraction of sp³-hybridized carbons (Fsp3) is 0.444. The van der Waals surface area contributed by atoms with E-state index in [-0.39, 0.29) is 11.1 Å². The minimum atomic E-state index is -3.44. The second kappa shape index (κ2) is 4.26. The first-order valence-corrected chi connectivity index (χ1v) is 6.31. The van der Waals surface area contributed by atoms with Crippen molar-refractivity contribution in [1.29, 1.82) is 0 Å². The molecule has 1 atom stereocenters. The Hall–Kier alpha value is -0.980. The van der Waals surface area contributed by atoms with Crippen LogP contribution in [0.2, 0.25) is 0 Å². The van der Waals surface area contributed by atoms with Gasteiger partial charge in [0.1, 0.15) is 0 Å². The molecule has 2 N–H and O–H groups in total. The van der Waals surface area contributed by atoms with Crippen LogP contribution in [0.4, 0.5) is 0 Å². The first kappa shape index (κ1) is 10.5. The molecule has 1 fully saturated rings.